The molecule has 0 bridgehead atoms. The molecule has 0 unspecified atom stereocenters. The second kappa shape index (κ2) is 8.44. The highest BCUT2D eigenvalue weighted by Gasteiger charge is 2.03. The van der Waals surface area contributed by atoms with Gasteiger partial charge >= 0.3 is 0 Å². The summed E-state index contributed by atoms with van der Waals surface area (Å²) < 4.78 is 0. The van der Waals surface area contributed by atoms with Crippen molar-refractivity contribution in [3.8, 4) is 5.75 Å². The van der Waals surface area contributed by atoms with Crippen LogP contribution in [0.2, 0.25) is 0 Å². The van der Waals surface area contributed by atoms with E-state index in [2.05, 4.69) is 16.6 Å². The molecule has 0 aromatic heterocycles. The van der Waals surface area contributed by atoms with E-state index in [1.54, 1.807) is 6.21 Å². The van der Waals surface area contributed by atoms with Crippen LogP contribution in [-0.4, -0.2) is 17.2 Å². The zero-order valence-electron chi connectivity index (χ0n) is 14.0. The first-order valence-electron chi connectivity index (χ1n) is 8.16. The lowest BCUT2D eigenvalue weighted by Gasteiger charge is -2.00. The van der Waals surface area contributed by atoms with E-state index in [4.69, 9.17) is 0 Å². The molecule has 0 spiro atoms. The van der Waals surface area contributed by atoms with Crippen LogP contribution in [0.5, 0.6) is 5.75 Å². The fourth-order valence-corrected chi connectivity index (χ4v) is 2.29. The molecule has 0 heterocycles. The van der Waals surface area contributed by atoms with Crippen molar-refractivity contribution in [1.82, 2.24) is 5.43 Å². The van der Waals surface area contributed by atoms with Crippen molar-refractivity contribution in [3.05, 3.63) is 101 Å². The molecule has 4 nitrogen and oxygen atoms in total. The summed E-state index contributed by atoms with van der Waals surface area (Å²) in [5.41, 5.74) is 6.01. The molecule has 0 fully saturated rings. The van der Waals surface area contributed by atoms with E-state index in [9.17, 15) is 9.90 Å². The average molecular weight is 342 g/mol. The van der Waals surface area contributed by atoms with Crippen LogP contribution in [0, 0.1) is 0 Å². The Hall–Kier alpha value is -3.66. The molecule has 128 valence electrons. The molecule has 0 aliphatic heterocycles. The molecule has 26 heavy (non-hydrogen) atoms. The highest BCUT2D eigenvalue weighted by molar-refractivity contribution is 5.95. The Morgan fingerprint density at radius 1 is 0.769 bits per heavy atom. The molecule has 0 saturated heterocycles. The maximum Gasteiger partial charge on any atom is 0.271 e. The molecule has 0 saturated carbocycles. The summed E-state index contributed by atoms with van der Waals surface area (Å²) in [6.07, 6.45) is 5.69. The number of hydrogen-bond acceptors (Lipinski definition) is 3. The lowest BCUT2D eigenvalue weighted by molar-refractivity contribution is 0.0955. The van der Waals surface area contributed by atoms with E-state index in [0.29, 0.717) is 5.56 Å². The van der Waals surface area contributed by atoms with Gasteiger partial charge in [-0.15, -0.1) is 0 Å². The molecule has 0 atom stereocenters. The lowest BCUT2D eigenvalue weighted by Crippen LogP contribution is -2.17. The number of phenolic OH excluding ortho intramolecular Hbond substituents is 1. The van der Waals surface area contributed by atoms with Crippen molar-refractivity contribution in [2.45, 2.75) is 0 Å². The first kappa shape index (κ1) is 17.2. The molecule has 3 rings (SSSR count). The van der Waals surface area contributed by atoms with E-state index in [0.717, 1.165) is 16.7 Å². The summed E-state index contributed by atoms with van der Waals surface area (Å²) in [4.78, 5) is 11.9. The summed E-state index contributed by atoms with van der Waals surface area (Å²) in [7, 11) is 0. The Morgan fingerprint density at radius 2 is 1.35 bits per heavy atom. The van der Waals surface area contributed by atoms with Gasteiger partial charge in [0.05, 0.1) is 6.21 Å². The molecule has 2 N–H and O–H groups in total. The number of nitrogens with one attached hydrogen (secondary N) is 1. The molecule has 3 aromatic rings. The number of aromatic hydroxyl groups is 1. The molecule has 0 radical (unpaired) electrons. The quantitative estimate of drug-likeness (QED) is 0.412. The Kier molecular flexibility index (Phi) is 5.58. The van der Waals surface area contributed by atoms with Crippen LogP contribution in [0.4, 0.5) is 0 Å². The molecule has 1 amide bonds. The summed E-state index contributed by atoms with van der Waals surface area (Å²) in [5.74, 6) is -0.213. The number of hydrogen-bond donors (Lipinski definition) is 2. The van der Waals surface area contributed by atoms with E-state index in [1.165, 1.54) is 24.3 Å². The van der Waals surface area contributed by atoms with E-state index >= 15 is 0 Å². The second-order valence-electron chi connectivity index (χ2n) is 5.66. The first-order chi connectivity index (χ1) is 12.7. The van der Waals surface area contributed by atoms with Crippen molar-refractivity contribution in [1.29, 1.82) is 0 Å². The van der Waals surface area contributed by atoms with Gasteiger partial charge in [-0.2, -0.15) is 5.10 Å². The smallest absolute Gasteiger partial charge is 0.271 e. The number of hydrazone groups is 1. The minimum atomic E-state index is -0.330. The predicted octanol–water partition coefficient (Wildman–Crippen LogP) is 4.33. The van der Waals surface area contributed by atoms with Crippen molar-refractivity contribution in [2.24, 2.45) is 5.10 Å². The summed E-state index contributed by atoms with van der Waals surface area (Å²) in [5, 5.41) is 13.2. The minimum Gasteiger partial charge on any atom is -0.508 e. The van der Waals surface area contributed by atoms with Crippen molar-refractivity contribution in [2.75, 3.05) is 0 Å². The topological polar surface area (TPSA) is 61.7 Å². The maximum absolute atomic E-state index is 11.9. The number of carbonyl (C=O) groups excluding carboxylic acids is 1. The van der Waals surface area contributed by atoms with Gasteiger partial charge in [0.15, 0.2) is 0 Å². The molecule has 3 aromatic carbocycles. The minimum absolute atomic E-state index is 0.117. The SMILES string of the molecule is O=C(N/N=C/c1ccc(/C=C/c2ccccc2)cc1)c1ccc(O)cc1. The normalized spacial score (nSPS) is 11.1. The van der Waals surface area contributed by atoms with Crippen LogP contribution < -0.4 is 5.43 Å². The third-order valence-electron chi connectivity index (χ3n) is 3.71. The number of nitrogens with zero attached hydrogens (tertiary/aromatic N) is 1. The summed E-state index contributed by atoms with van der Waals surface area (Å²) in [6, 6.07) is 23.9. The largest absolute Gasteiger partial charge is 0.508 e. The number of phenols is 1. The Labute approximate surface area is 152 Å². The van der Waals surface area contributed by atoms with Gasteiger partial charge in [0.2, 0.25) is 0 Å². The van der Waals surface area contributed by atoms with Gasteiger partial charge in [-0.1, -0.05) is 66.7 Å². The lowest BCUT2D eigenvalue weighted by atomic mass is 10.1. The van der Waals surface area contributed by atoms with Crippen LogP contribution in [0.1, 0.15) is 27.0 Å². The second-order valence-corrected chi connectivity index (χ2v) is 5.66. The molecular formula is C22H18N2O2. The zero-order valence-corrected chi connectivity index (χ0v) is 14.0. The third kappa shape index (κ3) is 4.92. The Morgan fingerprint density at radius 3 is 2.00 bits per heavy atom. The van der Waals surface area contributed by atoms with Crippen molar-refractivity contribution >= 4 is 24.3 Å². The molecule has 4 heteroatoms. The number of rotatable bonds is 5. The highest BCUT2D eigenvalue weighted by Crippen LogP contribution is 2.10. The molecular weight excluding hydrogens is 324 g/mol. The van der Waals surface area contributed by atoms with Gasteiger partial charge in [0.25, 0.3) is 5.91 Å². The van der Waals surface area contributed by atoms with Crippen LogP contribution in [-0.2, 0) is 0 Å². The van der Waals surface area contributed by atoms with E-state index in [1.807, 2.05) is 60.7 Å². The van der Waals surface area contributed by atoms with Crippen molar-refractivity contribution in [3.63, 3.8) is 0 Å². The van der Waals surface area contributed by atoms with Gasteiger partial charge in [-0.05, 0) is 41.0 Å². The monoisotopic (exact) mass is 342 g/mol. The number of benzene rings is 3. The first-order valence-corrected chi connectivity index (χ1v) is 8.16. The summed E-state index contributed by atoms with van der Waals surface area (Å²) >= 11 is 0. The average Bonchev–Trinajstić information content (AvgIpc) is 2.68. The third-order valence-corrected chi connectivity index (χ3v) is 3.71. The van der Waals surface area contributed by atoms with Gasteiger partial charge in [0, 0.05) is 5.56 Å². The van der Waals surface area contributed by atoms with Gasteiger partial charge in [-0.25, -0.2) is 5.43 Å². The summed E-state index contributed by atoms with van der Waals surface area (Å²) in [6.45, 7) is 0. The zero-order chi connectivity index (χ0) is 18.2. The fourth-order valence-electron chi connectivity index (χ4n) is 2.29. The molecule has 0 aliphatic rings. The maximum atomic E-state index is 11.9. The Balaban J connectivity index is 1.57. The Bertz CT molecular complexity index is 913. The molecule has 0 aliphatic carbocycles. The highest BCUT2D eigenvalue weighted by atomic mass is 16.3. The van der Waals surface area contributed by atoms with Crippen LogP contribution >= 0.6 is 0 Å². The standard InChI is InChI=1S/C22H18N2O2/c25-21-14-12-20(13-15-21)22(26)24-23-16-19-10-8-18(9-11-19)7-6-17-4-2-1-3-5-17/h1-16,25H,(H,24,26)/b7-6+,23-16+. The van der Waals surface area contributed by atoms with Gasteiger partial charge in [0.1, 0.15) is 5.75 Å². The predicted molar refractivity (Wildman–Crippen MR) is 105 cm³/mol. The van der Waals surface area contributed by atoms with Crippen molar-refractivity contribution < 1.29 is 9.90 Å². The van der Waals surface area contributed by atoms with Crippen LogP contribution in [0.25, 0.3) is 12.2 Å². The van der Waals surface area contributed by atoms with Gasteiger partial charge < -0.3 is 5.11 Å². The van der Waals surface area contributed by atoms with E-state index < -0.39 is 0 Å². The van der Waals surface area contributed by atoms with Crippen LogP contribution in [0.15, 0.2) is 84.0 Å². The van der Waals surface area contributed by atoms with E-state index in [-0.39, 0.29) is 11.7 Å². The van der Waals surface area contributed by atoms with Crippen LogP contribution in [0.3, 0.4) is 0 Å². The number of amides is 1. The number of carbonyl (C=O) groups is 1. The van der Waals surface area contributed by atoms with Gasteiger partial charge in [-0.3, -0.25) is 4.79 Å². The fraction of sp³-hybridized carbons (Fsp3) is 0.